The zero-order valence-corrected chi connectivity index (χ0v) is 11.2. The molecule has 1 fully saturated rings. The molecule has 1 unspecified atom stereocenters. The van der Waals surface area contributed by atoms with Crippen LogP contribution in [0.3, 0.4) is 0 Å². The van der Waals surface area contributed by atoms with Crippen molar-refractivity contribution in [3.05, 3.63) is 28.8 Å². The summed E-state index contributed by atoms with van der Waals surface area (Å²) in [6, 6.07) is 4.38. The van der Waals surface area contributed by atoms with Crippen LogP contribution in [0.15, 0.2) is 12.1 Å². The van der Waals surface area contributed by atoms with Crippen LogP contribution in [0.4, 0.5) is 0 Å². The minimum atomic E-state index is -0.0396. The lowest BCUT2D eigenvalue weighted by atomic mass is 9.87. The van der Waals surface area contributed by atoms with Crippen molar-refractivity contribution in [2.75, 3.05) is 26.7 Å². The van der Waals surface area contributed by atoms with Gasteiger partial charge in [-0.05, 0) is 38.0 Å². The van der Waals surface area contributed by atoms with E-state index in [1.54, 1.807) is 7.11 Å². The van der Waals surface area contributed by atoms with E-state index in [-0.39, 0.29) is 5.54 Å². The van der Waals surface area contributed by atoms with Crippen molar-refractivity contribution in [2.24, 2.45) is 0 Å². The molecule has 1 aliphatic rings. The molecule has 94 valence electrons. The molecule has 0 amide bonds. The van der Waals surface area contributed by atoms with Crippen LogP contribution >= 0.6 is 0 Å². The number of nitrogens with one attached hydrogen (secondary N) is 2. The largest absolute Gasteiger partial charge is 0.496 e. The van der Waals surface area contributed by atoms with E-state index in [1.165, 1.54) is 16.7 Å². The van der Waals surface area contributed by atoms with E-state index in [9.17, 15) is 0 Å². The van der Waals surface area contributed by atoms with E-state index in [0.717, 1.165) is 25.4 Å². The van der Waals surface area contributed by atoms with Crippen LogP contribution < -0.4 is 15.4 Å². The summed E-state index contributed by atoms with van der Waals surface area (Å²) in [7, 11) is 1.74. The Hall–Kier alpha value is -1.06. The molecule has 3 heteroatoms. The van der Waals surface area contributed by atoms with E-state index in [1.807, 2.05) is 0 Å². The van der Waals surface area contributed by atoms with Crippen LogP contribution in [-0.2, 0) is 5.54 Å². The first-order valence-electron chi connectivity index (χ1n) is 6.18. The van der Waals surface area contributed by atoms with Gasteiger partial charge in [0.15, 0.2) is 0 Å². The van der Waals surface area contributed by atoms with E-state index >= 15 is 0 Å². The number of hydrogen-bond donors (Lipinski definition) is 2. The van der Waals surface area contributed by atoms with Gasteiger partial charge in [0, 0.05) is 25.2 Å². The third kappa shape index (κ3) is 2.31. The monoisotopic (exact) mass is 234 g/mol. The van der Waals surface area contributed by atoms with E-state index < -0.39 is 0 Å². The number of methoxy groups -OCH3 is 1. The molecule has 3 nitrogen and oxygen atoms in total. The van der Waals surface area contributed by atoms with Gasteiger partial charge in [-0.25, -0.2) is 0 Å². The first kappa shape index (κ1) is 12.4. The van der Waals surface area contributed by atoms with Gasteiger partial charge in [0.25, 0.3) is 0 Å². The molecule has 1 aromatic carbocycles. The highest BCUT2D eigenvalue weighted by Crippen LogP contribution is 2.32. The van der Waals surface area contributed by atoms with Crippen molar-refractivity contribution >= 4 is 0 Å². The second-order valence-electron chi connectivity index (χ2n) is 5.07. The second kappa shape index (κ2) is 4.67. The third-order valence-corrected chi connectivity index (χ3v) is 3.71. The quantitative estimate of drug-likeness (QED) is 0.817. The second-order valence-corrected chi connectivity index (χ2v) is 5.07. The van der Waals surface area contributed by atoms with Crippen molar-refractivity contribution in [3.8, 4) is 5.75 Å². The van der Waals surface area contributed by atoms with E-state index in [4.69, 9.17) is 4.74 Å². The predicted octanol–water partition coefficient (Wildman–Crippen LogP) is 1.72. The molecule has 1 aliphatic heterocycles. The zero-order valence-electron chi connectivity index (χ0n) is 11.2. The number of hydrogen-bond acceptors (Lipinski definition) is 3. The van der Waals surface area contributed by atoms with Crippen LogP contribution in [0.2, 0.25) is 0 Å². The first-order chi connectivity index (χ1) is 8.07. The fourth-order valence-corrected chi connectivity index (χ4v) is 2.41. The Bertz CT molecular complexity index is 409. The van der Waals surface area contributed by atoms with Crippen LogP contribution in [0.1, 0.15) is 23.6 Å². The van der Waals surface area contributed by atoms with Gasteiger partial charge in [-0.3, -0.25) is 0 Å². The average Bonchev–Trinajstić information content (AvgIpc) is 2.33. The molecule has 1 atom stereocenters. The smallest absolute Gasteiger partial charge is 0.124 e. The fraction of sp³-hybridized carbons (Fsp3) is 0.571. The number of ether oxygens (including phenoxy) is 1. The summed E-state index contributed by atoms with van der Waals surface area (Å²) in [5, 5.41) is 7.03. The SMILES string of the molecule is COc1cc(C)c(C)cc1C1(C)CNCCN1. The summed E-state index contributed by atoms with van der Waals surface area (Å²) in [6.45, 7) is 9.46. The molecule has 0 bridgehead atoms. The summed E-state index contributed by atoms with van der Waals surface area (Å²) < 4.78 is 5.53. The number of rotatable bonds is 2. The molecule has 2 N–H and O–H groups in total. The molecular formula is C14H22N2O. The summed E-state index contributed by atoms with van der Waals surface area (Å²) in [4.78, 5) is 0. The molecule has 0 radical (unpaired) electrons. The van der Waals surface area contributed by atoms with Crippen molar-refractivity contribution in [1.82, 2.24) is 10.6 Å². The topological polar surface area (TPSA) is 33.3 Å². The lowest BCUT2D eigenvalue weighted by molar-refractivity contribution is 0.289. The molecular weight excluding hydrogens is 212 g/mol. The minimum absolute atomic E-state index is 0.0396. The summed E-state index contributed by atoms with van der Waals surface area (Å²) in [5.74, 6) is 0.979. The van der Waals surface area contributed by atoms with Crippen molar-refractivity contribution in [1.29, 1.82) is 0 Å². The maximum atomic E-state index is 5.53. The Morgan fingerprint density at radius 1 is 1.18 bits per heavy atom. The molecule has 1 saturated heterocycles. The molecule has 0 saturated carbocycles. The molecule has 2 rings (SSSR count). The molecule has 0 aliphatic carbocycles. The highest BCUT2D eigenvalue weighted by molar-refractivity contribution is 5.46. The Morgan fingerprint density at radius 2 is 1.88 bits per heavy atom. The maximum absolute atomic E-state index is 5.53. The lowest BCUT2D eigenvalue weighted by Gasteiger charge is -2.37. The number of piperazine rings is 1. The number of benzene rings is 1. The highest BCUT2D eigenvalue weighted by atomic mass is 16.5. The van der Waals surface area contributed by atoms with Crippen molar-refractivity contribution < 1.29 is 4.74 Å². The third-order valence-electron chi connectivity index (χ3n) is 3.71. The van der Waals surface area contributed by atoms with Crippen LogP contribution in [0, 0.1) is 13.8 Å². The van der Waals surface area contributed by atoms with Gasteiger partial charge in [0.1, 0.15) is 5.75 Å². The lowest BCUT2D eigenvalue weighted by Crippen LogP contribution is -2.55. The highest BCUT2D eigenvalue weighted by Gasteiger charge is 2.31. The summed E-state index contributed by atoms with van der Waals surface area (Å²) in [5.41, 5.74) is 3.80. The van der Waals surface area contributed by atoms with Gasteiger partial charge >= 0.3 is 0 Å². The van der Waals surface area contributed by atoms with Crippen LogP contribution in [0.5, 0.6) is 5.75 Å². The Morgan fingerprint density at radius 3 is 2.47 bits per heavy atom. The molecule has 0 spiro atoms. The van der Waals surface area contributed by atoms with Crippen LogP contribution in [0.25, 0.3) is 0 Å². The fourth-order valence-electron chi connectivity index (χ4n) is 2.41. The van der Waals surface area contributed by atoms with E-state index in [0.29, 0.717) is 0 Å². The van der Waals surface area contributed by atoms with Crippen LogP contribution in [-0.4, -0.2) is 26.7 Å². The minimum Gasteiger partial charge on any atom is -0.496 e. The predicted molar refractivity (Wildman–Crippen MR) is 70.7 cm³/mol. The molecule has 17 heavy (non-hydrogen) atoms. The van der Waals surface area contributed by atoms with Gasteiger partial charge in [-0.15, -0.1) is 0 Å². The van der Waals surface area contributed by atoms with Gasteiger partial charge in [0.05, 0.1) is 12.6 Å². The van der Waals surface area contributed by atoms with Gasteiger partial charge in [-0.1, -0.05) is 6.07 Å². The maximum Gasteiger partial charge on any atom is 0.124 e. The van der Waals surface area contributed by atoms with Crippen molar-refractivity contribution in [3.63, 3.8) is 0 Å². The molecule has 1 aromatic rings. The van der Waals surface area contributed by atoms with Gasteiger partial charge in [-0.2, -0.15) is 0 Å². The average molecular weight is 234 g/mol. The van der Waals surface area contributed by atoms with Gasteiger partial charge < -0.3 is 15.4 Å². The Balaban J connectivity index is 2.45. The Labute approximate surface area is 104 Å². The number of aryl methyl sites for hydroxylation is 2. The van der Waals surface area contributed by atoms with Crippen molar-refractivity contribution in [2.45, 2.75) is 26.3 Å². The van der Waals surface area contributed by atoms with Gasteiger partial charge in [0.2, 0.25) is 0 Å². The first-order valence-corrected chi connectivity index (χ1v) is 6.18. The molecule has 1 heterocycles. The zero-order chi connectivity index (χ0) is 12.5. The normalized spacial score (nSPS) is 24.7. The molecule has 0 aromatic heterocycles. The summed E-state index contributed by atoms with van der Waals surface area (Å²) in [6.07, 6.45) is 0. The standard InChI is InChI=1S/C14H22N2O/c1-10-7-12(13(17-4)8-11(10)2)14(3)9-15-5-6-16-14/h7-8,15-16H,5-6,9H2,1-4H3. The van der Waals surface area contributed by atoms with E-state index in [2.05, 4.69) is 43.5 Å². The summed E-state index contributed by atoms with van der Waals surface area (Å²) >= 11 is 0. The Kier molecular flexibility index (Phi) is 3.40.